The van der Waals surface area contributed by atoms with E-state index in [2.05, 4.69) is 23.4 Å². The van der Waals surface area contributed by atoms with Gasteiger partial charge in [0.1, 0.15) is 0 Å². The van der Waals surface area contributed by atoms with Crippen LogP contribution < -0.4 is 0 Å². The molecule has 0 fully saturated rings. The Labute approximate surface area is 84.0 Å². The first kappa shape index (κ1) is 10.6. The summed E-state index contributed by atoms with van der Waals surface area (Å²) in [5.41, 5.74) is -0.187. The van der Waals surface area contributed by atoms with Crippen LogP contribution in [0.4, 0.5) is 0 Å². The smallest absolute Gasteiger partial charge is 0.252 e. The molecule has 0 atom stereocenters. The minimum Gasteiger partial charge on any atom is -0.331 e. The molecule has 1 rings (SSSR count). The second-order valence-corrected chi connectivity index (χ2v) is 3.80. The van der Waals surface area contributed by atoms with Gasteiger partial charge in [0.2, 0.25) is 0 Å². The molecule has 1 amide bonds. The molecule has 76 valence electrons. The molecule has 0 aromatic rings. The van der Waals surface area contributed by atoms with Crippen molar-refractivity contribution >= 4 is 5.91 Å². The molecule has 0 N–H and O–H groups in total. The fourth-order valence-electron chi connectivity index (χ4n) is 1.25. The molecule has 0 aromatic heterocycles. The normalized spacial score (nSPS) is 20.9. The molecule has 0 saturated heterocycles. The fourth-order valence-corrected chi connectivity index (χ4v) is 1.25. The summed E-state index contributed by atoms with van der Waals surface area (Å²) in [4.78, 5) is 13.5. The summed E-state index contributed by atoms with van der Waals surface area (Å²) in [7, 11) is 0. The van der Waals surface area contributed by atoms with Crippen molar-refractivity contribution in [1.29, 1.82) is 0 Å². The van der Waals surface area contributed by atoms with Crippen molar-refractivity contribution in [3.05, 3.63) is 24.9 Å². The zero-order valence-electron chi connectivity index (χ0n) is 8.66. The van der Waals surface area contributed by atoms with Crippen molar-refractivity contribution < 1.29 is 4.79 Å². The summed E-state index contributed by atoms with van der Waals surface area (Å²) < 4.78 is 0. The number of azo groups is 1. The molecule has 0 aromatic carbocycles. The minimum atomic E-state index is -0.789. The number of nitrogens with zero attached hydrogens (tertiary/aromatic N) is 3. The van der Waals surface area contributed by atoms with Crippen molar-refractivity contribution in [3.63, 3.8) is 0 Å². The van der Waals surface area contributed by atoms with E-state index < -0.39 is 5.54 Å². The molecule has 1 heterocycles. The molecule has 0 unspecified atom stereocenters. The van der Waals surface area contributed by atoms with Crippen LogP contribution in [0.3, 0.4) is 0 Å². The van der Waals surface area contributed by atoms with Gasteiger partial charge in [-0.1, -0.05) is 12.7 Å². The van der Waals surface area contributed by atoms with Crippen molar-refractivity contribution in [3.8, 4) is 0 Å². The van der Waals surface area contributed by atoms with Gasteiger partial charge in [0, 0.05) is 6.54 Å². The second-order valence-electron chi connectivity index (χ2n) is 3.80. The lowest BCUT2D eigenvalue weighted by Crippen LogP contribution is -2.43. The third-order valence-electron chi connectivity index (χ3n) is 1.97. The van der Waals surface area contributed by atoms with Crippen LogP contribution in [-0.2, 0) is 4.79 Å². The summed E-state index contributed by atoms with van der Waals surface area (Å²) in [5, 5.41) is 7.84. The standard InChI is InChI=1S/C10H15N3O/c1-5-6-13-7-8(2)11-12-10(3,4)9(13)14/h5H,1-2,6-7H2,3-4H3. The SMILES string of the molecule is C=CCN1CC(=C)N=NC(C)(C)C1=O. The van der Waals surface area contributed by atoms with E-state index in [1.54, 1.807) is 24.8 Å². The Morgan fingerprint density at radius 1 is 1.64 bits per heavy atom. The highest BCUT2D eigenvalue weighted by Crippen LogP contribution is 2.19. The van der Waals surface area contributed by atoms with Gasteiger partial charge in [-0.15, -0.1) is 6.58 Å². The number of carbonyl (C=O) groups excluding carboxylic acids is 1. The van der Waals surface area contributed by atoms with Crippen LogP contribution in [-0.4, -0.2) is 29.4 Å². The number of hydrogen-bond acceptors (Lipinski definition) is 3. The zero-order chi connectivity index (χ0) is 10.8. The Hall–Kier alpha value is -1.45. The summed E-state index contributed by atoms with van der Waals surface area (Å²) >= 11 is 0. The molecule has 4 nitrogen and oxygen atoms in total. The second kappa shape index (κ2) is 3.74. The van der Waals surface area contributed by atoms with Crippen LogP contribution in [0.15, 0.2) is 35.2 Å². The van der Waals surface area contributed by atoms with Crippen LogP contribution in [0.25, 0.3) is 0 Å². The van der Waals surface area contributed by atoms with Gasteiger partial charge in [0.15, 0.2) is 5.54 Å². The van der Waals surface area contributed by atoms with Gasteiger partial charge in [0.25, 0.3) is 5.91 Å². The Morgan fingerprint density at radius 3 is 2.86 bits per heavy atom. The van der Waals surface area contributed by atoms with E-state index in [0.29, 0.717) is 18.8 Å². The minimum absolute atomic E-state index is 0.0419. The molecule has 0 radical (unpaired) electrons. The van der Waals surface area contributed by atoms with Gasteiger partial charge in [-0.05, 0) is 13.8 Å². The van der Waals surface area contributed by atoms with Gasteiger partial charge in [0.05, 0.1) is 12.2 Å². The summed E-state index contributed by atoms with van der Waals surface area (Å²) in [5.74, 6) is -0.0419. The Morgan fingerprint density at radius 2 is 2.29 bits per heavy atom. The number of amides is 1. The molecule has 14 heavy (non-hydrogen) atoms. The Kier molecular flexibility index (Phi) is 2.84. The maximum absolute atomic E-state index is 11.9. The van der Waals surface area contributed by atoms with Gasteiger partial charge >= 0.3 is 0 Å². The van der Waals surface area contributed by atoms with E-state index in [1.165, 1.54) is 0 Å². The number of carbonyl (C=O) groups is 1. The summed E-state index contributed by atoms with van der Waals surface area (Å²) in [6, 6.07) is 0. The van der Waals surface area contributed by atoms with Crippen molar-refractivity contribution in [1.82, 2.24) is 4.90 Å². The molecule has 0 saturated carbocycles. The third kappa shape index (κ3) is 2.07. The Balaban J connectivity index is 2.95. The predicted octanol–water partition coefficient (Wildman–Crippen LogP) is 1.76. The van der Waals surface area contributed by atoms with Gasteiger partial charge in [-0.2, -0.15) is 10.2 Å². The molecular formula is C10H15N3O. The molecular weight excluding hydrogens is 178 g/mol. The van der Waals surface area contributed by atoms with Crippen molar-refractivity contribution in [2.45, 2.75) is 19.4 Å². The first-order valence-electron chi connectivity index (χ1n) is 4.48. The van der Waals surface area contributed by atoms with Gasteiger partial charge in [-0.25, -0.2) is 0 Å². The molecule has 0 spiro atoms. The van der Waals surface area contributed by atoms with Crippen LogP contribution in [0.2, 0.25) is 0 Å². The highest BCUT2D eigenvalue weighted by molar-refractivity contribution is 5.86. The first-order valence-corrected chi connectivity index (χ1v) is 4.48. The lowest BCUT2D eigenvalue weighted by atomic mass is 10.1. The van der Waals surface area contributed by atoms with Gasteiger partial charge in [-0.3, -0.25) is 4.79 Å². The van der Waals surface area contributed by atoms with Crippen LogP contribution >= 0.6 is 0 Å². The Bertz CT molecular complexity index is 304. The number of rotatable bonds is 2. The summed E-state index contributed by atoms with van der Waals surface area (Å²) in [6.45, 7) is 11.7. The van der Waals surface area contributed by atoms with Gasteiger partial charge < -0.3 is 4.90 Å². The highest BCUT2D eigenvalue weighted by Gasteiger charge is 2.33. The zero-order valence-corrected chi connectivity index (χ0v) is 8.66. The largest absolute Gasteiger partial charge is 0.331 e. The maximum atomic E-state index is 11.9. The highest BCUT2D eigenvalue weighted by atomic mass is 16.2. The molecule has 0 aliphatic carbocycles. The third-order valence-corrected chi connectivity index (χ3v) is 1.97. The first-order chi connectivity index (χ1) is 6.47. The average Bonchev–Trinajstić information content (AvgIpc) is 2.20. The maximum Gasteiger partial charge on any atom is 0.252 e. The van der Waals surface area contributed by atoms with Crippen LogP contribution in [0.5, 0.6) is 0 Å². The topological polar surface area (TPSA) is 45.0 Å². The average molecular weight is 193 g/mol. The van der Waals surface area contributed by atoms with E-state index in [1.807, 2.05) is 0 Å². The molecule has 4 heteroatoms. The van der Waals surface area contributed by atoms with E-state index in [-0.39, 0.29) is 5.91 Å². The molecule has 0 bridgehead atoms. The molecule has 1 aliphatic heterocycles. The van der Waals surface area contributed by atoms with Crippen LogP contribution in [0, 0.1) is 0 Å². The van der Waals surface area contributed by atoms with Crippen LogP contribution in [0.1, 0.15) is 13.8 Å². The predicted molar refractivity (Wildman–Crippen MR) is 54.9 cm³/mol. The van der Waals surface area contributed by atoms with E-state index in [0.717, 1.165) is 0 Å². The molecule has 1 aliphatic rings. The monoisotopic (exact) mass is 193 g/mol. The summed E-state index contributed by atoms with van der Waals surface area (Å²) in [6.07, 6.45) is 1.69. The lowest BCUT2D eigenvalue weighted by molar-refractivity contribution is -0.134. The van der Waals surface area contributed by atoms with E-state index in [9.17, 15) is 4.79 Å². The van der Waals surface area contributed by atoms with Crippen molar-refractivity contribution in [2.75, 3.05) is 13.1 Å². The lowest BCUT2D eigenvalue weighted by Gasteiger charge is -2.24. The number of hydrogen-bond donors (Lipinski definition) is 0. The van der Waals surface area contributed by atoms with E-state index in [4.69, 9.17) is 0 Å². The quantitative estimate of drug-likeness (QED) is 0.616. The van der Waals surface area contributed by atoms with E-state index >= 15 is 0 Å². The fraction of sp³-hybridized carbons (Fsp3) is 0.500. The van der Waals surface area contributed by atoms with Crippen molar-refractivity contribution in [2.24, 2.45) is 10.2 Å².